The van der Waals surface area contributed by atoms with Gasteiger partial charge in [0, 0.05) is 43.7 Å². The van der Waals surface area contributed by atoms with Crippen LogP contribution in [-0.4, -0.2) is 22.0 Å². The smallest absolute Gasteiger partial charge is 0.217 e. The van der Waals surface area contributed by atoms with E-state index < -0.39 is 0 Å². The molecule has 1 aromatic heterocycles. The highest BCUT2D eigenvalue weighted by molar-refractivity contribution is 5.73. The van der Waals surface area contributed by atoms with Gasteiger partial charge in [0.2, 0.25) is 5.91 Å². The molecule has 3 rings (SSSR count). The highest BCUT2D eigenvalue weighted by Gasteiger charge is 2.20. The van der Waals surface area contributed by atoms with Gasteiger partial charge in [-0.2, -0.15) is 0 Å². The third-order valence-corrected chi connectivity index (χ3v) is 3.82. The summed E-state index contributed by atoms with van der Waals surface area (Å²) in [5, 5.41) is 3.36. The minimum absolute atomic E-state index is 0.244. The summed E-state index contributed by atoms with van der Waals surface area (Å²) in [7, 11) is 0. The summed E-state index contributed by atoms with van der Waals surface area (Å²) in [4.78, 5) is 15.8. The Kier molecular flexibility index (Phi) is 4.01. The van der Waals surface area contributed by atoms with Crippen molar-refractivity contribution in [1.82, 2.24) is 14.9 Å². The maximum atomic E-state index is 11.0. The zero-order valence-corrected chi connectivity index (χ0v) is 12.0. The molecule has 2 aromatic rings. The molecule has 0 aliphatic carbocycles. The van der Waals surface area contributed by atoms with E-state index in [0.717, 1.165) is 49.6 Å². The fraction of sp³-hybridized carbons (Fsp3) is 0.375. The average Bonchev–Trinajstić information content (AvgIpc) is 2.87. The number of hydrogen-bond donors (Lipinski definition) is 2. The monoisotopic (exact) mass is 284 g/mol. The molecule has 1 aliphatic rings. The number of primary amides is 1. The molecule has 3 N–H and O–H groups in total. The van der Waals surface area contributed by atoms with Gasteiger partial charge in [-0.15, -0.1) is 0 Å². The van der Waals surface area contributed by atoms with Gasteiger partial charge in [0.25, 0.3) is 0 Å². The summed E-state index contributed by atoms with van der Waals surface area (Å²) in [5.41, 5.74) is 8.77. The Labute approximate surface area is 124 Å². The molecule has 2 heterocycles. The molecule has 0 bridgehead atoms. The van der Waals surface area contributed by atoms with Crippen LogP contribution in [0.2, 0.25) is 0 Å². The van der Waals surface area contributed by atoms with E-state index in [1.54, 1.807) is 0 Å². The molecule has 1 aromatic carbocycles. The zero-order chi connectivity index (χ0) is 14.7. The quantitative estimate of drug-likeness (QED) is 0.873. The number of amides is 1. The van der Waals surface area contributed by atoms with Crippen LogP contribution in [0, 0.1) is 0 Å². The Morgan fingerprint density at radius 2 is 2.14 bits per heavy atom. The van der Waals surface area contributed by atoms with Crippen LogP contribution in [0.5, 0.6) is 0 Å². The molecule has 110 valence electrons. The maximum absolute atomic E-state index is 11.0. The van der Waals surface area contributed by atoms with Crippen molar-refractivity contribution in [2.24, 2.45) is 5.73 Å². The van der Waals surface area contributed by atoms with Gasteiger partial charge in [0.15, 0.2) is 0 Å². The lowest BCUT2D eigenvalue weighted by molar-refractivity contribution is -0.118. The van der Waals surface area contributed by atoms with Gasteiger partial charge in [-0.3, -0.25) is 4.79 Å². The fourth-order valence-electron chi connectivity index (χ4n) is 2.83. The second kappa shape index (κ2) is 6.10. The van der Waals surface area contributed by atoms with Crippen LogP contribution in [0.3, 0.4) is 0 Å². The standard InChI is InChI=1S/C16H20N4O/c17-15(21)7-4-10-20-14-8-9-18-11-13(14)19-16(20)12-5-2-1-3-6-12/h1-3,5-6,18H,4,7-11H2,(H2,17,21). The second-order valence-electron chi connectivity index (χ2n) is 5.34. The molecule has 0 unspecified atom stereocenters. The Bertz CT molecular complexity index is 633. The van der Waals surface area contributed by atoms with E-state index in [4.69, 9.17) is 10.7 Å². The first-order valence-corrected chi connectivity index (χ1v) is 7.38. The summed E-state index contributed by atoms with van der Waals surface area (Å²) in [5.74, 6) is 0.751. The van der Waals surface area contributed by atoms with E-state index in [-0.39, 0.29) is 5.91 Å². The fourth-order valence-corrected chi connectivity index (χ4v) is 2.83. The molecule has 0 saturated heterocycles. The van der Waals surface area contributed by atoms with E-state index >= 15 is 0 Å². The summed E-state index contributed by atoms with van der Waals surface area (Å²) in [6.07, 6.45) is 2.15. The topological polar surface area (TPSA) is 72.9 Å². The number of hydrogen-bond acceptors (Lipinski definition) is 3. The largest absolute Gasteiger partial charge is 0.370 e. The zero-order valence-electron chi connectivity index (χ0n) is 12.0. The number of carbonyl (C=O) groups excluding carboxylic acids is 1. The predicted molar refractivity (Wildman–Crippen MR) is 81.5 cm³/mol. The number of carbonyl (C=O) groups is 1. The van der Waals surface area contributed by atoms with Gasteiger partial charge in [0.1, 0.15) is 5.82 Å². The first-order valence-electron chi connectivity index (χ1n) is 7.38. The summed E-state index contributed by atoms with van der Waals surface area (Å²) < 4.78 is 2.26. The molecule has 1 aliphatic heterocycles. The normalized spacial score (nSPS) is 13.9. The minimum atomic E-state index is -0.244. The molecule has 0 spiro atoms. The third-order valence-electron chi connectivity index (χ3n) is 3.82. The number of aromatic nitrogens is 2. The van der Waals surface area contributed by atoms with Crippen LogP contribution in [0.25, 0.3) is 11.4 Å². The number of imidazole rings is 1. The molecule has 1 amide bonds. The van der Waals surface area contributed by atoms with E-state index in [9.17, 15) is 4.79 Å². The molecule has 0 saturated carbocycles. The van der Waals surface area contributed by atoms with Crippen molar-refractivity contribution < 1.29 is 4.79 Å². The Morgan fingerprint density at radius 1 is 1.33 bits per heavy atom. The molecule has 0 atom stereocenters. The number of fused-ring (bicyclic) bond motifs is 1. The third kappa shape index (κ3) is 2.97. The number of benzene rings is 1. The predicted octanol–water partition coefficient (Wildman–Crippen LogP) is 1.46. The summed E-state index contributed by atoms with van der Waals surface area (Å²) >= 11 is 0. The first kappa shape index (κ1) is 13.8. The van der Waals surface area contributed by atoms with Crippen LogP contribution >= 0.6 is 0 Å². The van der Waals surface area contributed by atoms with Crippen molar-refractivity contribution in [1.29, 1.82) is 0 Å². The van der Waals surface area contributed by atoms with Crippen molar-refractivity contribution >= 4 is 5.91 Å². The number of nitrogens with one attached hydrogen (secondary N) is 1. The molecule has 0 radical (unpaired) electrons. The van der Waals surface area contributed by atoms with E-state index in [1.807, 2.05) is 18.2 Å². The van der Waals surface area contributed by atoms with Crippen molar-refractivity contribution in [3.63, 3.8) is 0 Å². The highest BCUT2D eigenvalue weighted by atomic mass is 16.1. The van der Waals surface area contributed by atoms with Gasteiger partial charge in [-0.1, -0.05) is 30.3 Å². The van der Waals surface area contributed by atoms with E-state index in [1.165, 1.54) is 5.69 Å². The Morgan fingerprint density at radius 3 is 2.90 bits per heavy atom. The highest BCUT2D eigenvalue weighted by Crippen LogP contribution is 2.25. The van der Waals surface area contributed by atoms with Crippen LogP contribution in [-0.2, 0) is 24.3 Å². The van der Waals surface area contributed by atoms with Gasteiger partial charge in [-0.25, -0.2) is 4.98 Å². The van der Waals surface area contributed by atoms with Crippen LogP contribution in [0.15, 0.2) is 30.3 Å². The molecular weight excluding hydrogens is 264 g/mol. The first-order chi connectivity index (χ1) is 10.3. The molecule has 5 heteroatoms. The van der Waals surface area contributed by atoms with E-state index in [0.29, 0.717) is 6.42 Å². The van der Waals surface area contributed by atoms with Crippen molar-refractivity contribution in [3.8, 4) is 11.4 Å². The van der Waals surface area contributed by atoms with Gasteiger partial charge in [0.05, 0.1) is 5.69 Å². The number of rotatable bonds is 5. The van der Waals surface area contributed by atoms with E-state index in [2.05, 4.69) is 22.0 Å². The van der Waals surface area contributed by atoms with Crippen LogP contribution in [0.1, 0.15) is 24.2 Å². The lowest BCUT2D eigenvalue weighted by Crippen LogP contribution is -2.25. The lowest BCUT2D eigenvalue weighted by atomic mass is 10.1. The van der Waals surface area contributed by atoms with Crippen molar-refractivity contribution in [2.45, 2.75) is 32.4 Å². The van der Waals surface area contributed by atoms with Crippen LogP contribution < -0.4 is 11.1 Å². The lowest BCUT2D eigenvalue weighted by Gasteiger charge is -2.16. The Hall–Kier alpha value is -2.14. The second-order valence-corrected chi connectivity index (χ2v) is 5.34. The maximum Gasteiger partial charge on any atom is 0.217 e. The summed E-state index contributed by atoms with van der Waals surface area (Å²) in [6.45, 7) is 2.58. The molecular formula is C16H20N4O. The van der Waals surface area contributed by atoms with Crippen LogP contribution in [0.4, 0.5) is 0 Å². The van der Waals surface area contributed by atoms with Crippen molar-refractivity contribution in [2.75, 3.05) is 6.54 Å². The van der Waals surface area contributed by atoms with Gasteiger partial charge < -0.3 is 15.6 Å². The van der Waals surface area contributed by atoms with Gasteiger partial charge in [-0.05, 0) is 6.42 Å². The average molecular weight is 284 g/mol. The van der Waals surface area contributed by atoms with Crippen molar-refractivity contribution in [3.05, 3.63) is 41.7 Å². The SMILES string of the molecule is NC(=O)CCCn1c(-c2ccccc2)nc2c1CCNC2. The number of nitrogens with two attached hydrogens (primary N) is 1. The number of nitrogens with zero attached hydrogens (tertiary/aromatic N) is 2. The Balaban J connectivity index is 1.94. The summed E-state index contributed by atoms with van der Waals surface area (Å²) in [6, 6.07) is 10.2. The minimum Gasteiger partial charge on any atom is -0.370 e. The molecule has 0 fully saturated rings. The molecule has 21 heavy (non-hydrogen) atoms. The van der Waals surface area contributed by atoms with Gasteiger partial charge >= 0.3 is 0 Å². The molecule has 5 nitrogen and oxygen atoms in total.